The minimum absolute atomic E-state index is 0.255. The highest BCUT2D eigenvalue weighted by Crippen LogP contribution is 2.29. The number of hydrogen-bond donors (Lipinski definition) is 1. The Morgan fingerprint density at radius 2 is 2.24 bits per heavy atom. The lowest BCUT2D eigenvalue weighted by Gasteiger charge is -2.18. The third-order valence-corrected chi connectivity index (χ3v) is 2.55. The first-order valence-corrected chi connectivity index (χ1v) is 5.88. The molecule has 0 saturated heterocycles. The van der Waals surface area contributed by atoms with E-state index in [9.17, 15) is 0 Å². The third kappa shape index (κ3) is 3.79. The van der Waals surface area contributed by atoms with E-state index in [2.05, 4.69) is 25.7 Å². The topological polar surface area (TPSA) is 30.5 Å². The summed E-state index contributed by atoms with van der Waals surface area (Å²) in [7, 11) is 1.65. The molecule has 0 radical (unpaired) electrons. The zero-order chi connectivity index (χ0) is 12.7. The second-order valence-corrected chi connectivity index (χ2v) is 3.78. The maximum atomic E-state index is 5.66. The molecule has 1 atom stereocenters. The number of rotatable bonds is 7. The van der Waals surface area contributed by atoms with Crippen LogP contribution < -0.4 is 14.8 Å². The van der Waals surface area contributed by atoms with E-state index in [0.717, 1.165) is 23.6 Å². The Labute approximate surface area is 103 Å². The molecule has 3 heteroatoms. The molecule has 0 bridgehead atoms. The summed E-state index contributed by atoms with van der Waals surface area (Å²) in [6.07, 6.45) is 1.74. The van der Waals surface area contributed by atoms with Crippen molar-refractivity contribution in [1.29, 1.82) is 0 Å². The van der Waals surface area contributed by atoms with Crippen molar-refractivity contribution in [3.05, 3.63) is 36.4 Å². The van der Waals surface area contributed by atoms with Gasteiger partial charge in [0.1, 0.15) is 18.1 Å². The van der Waals surface area contributed by atoms with Gasteiger partial charge in [-0.1, -0.05) is 25.6 Å². The second kappa shape index (κ2) is 6.97. The summed E-state index contributed by atoms with van der Waals surface area (Å²) in [6.45, 7) is 9.29. The van der Waals surface area contributed by atoms with Gasteiger partial charge < -0.3 is 14.8 Å². The standard InChI is InChI=1S/C14H21NO2/c1-5-9-17-14-10-12(16-4)7-8-13(14)11(3)15-6-2/h5,7-8,10-11,15H,1,6,9H2,2-4H3. The van der Waals surface area contributed by atoms with Crippen molar-refractivity contribution in [3.8, 4) is 11.5 Å². The molecule has 0 aromatic heterocycles. The van der Waals surface area contributed by atoms with Crippen molar-refractivity contribution >= 4 is 0 Å². The molecular weight excluding hydrogens is 214 g/mol. The van der Waals surface area contributed by atoms with Crippen LogP contribution in [-0.4, -0.2) is 20.3 Å². The van der Waals surface area contributed by atoms with Crippen LogP contribution >= 0.6 is 0 Å². The molecular formula is C14H21NO2. The zero-order valence-corrected chi connectivity index (χ0v) is 10.8. The molecule has 1 rings (SSSR count). The Kier molecular flexibility index (Phi) is 5.57. The normalized spacial score (nSPS) is 11.9. The van der Waals surface area contributed by atoms with Gasteiger partial charge in [0.05, 0.1) is 7.11 Å². The predicted octanol–water partition coefficient (Wildman–Crippen LogP) is 2.93. The molecule has 0 aliphatic rings. The highest BCUT2D eigenvalue weighted by molar-refractivity contribution is 5.42. The van der Waals surface area contributed by atoms with E-state index in [1.165, 1.54) is 0 Å². The molecule has 17 heavy (non-hydrogen) atoms. The minimum Gasteiger partial charge on any atom is -0.497 e. The highest BCUT2D eigenvalue weighted by Gasteiger charge is 2.11. The summed E-state index contributed by atoms with van der Waals surface area (Å²) in [5.74, 6) is 1.65. The van der Waals surface area contributed by atoms with Crippen molar-refractivity contribution < 1.29 is 9.47 Å². The molecule has 0 aliphatic heterocycles. The Balaban J connectivity index is 2.96. The van der Waals surface area contributed by atoms with Crippen molar-refractivity contribution in [2.75, 3.05) is 20.3 Å². The quantitative estimate of drug-likeness (QED) is 0.737. The van der Waals surface area contributed by atoms with Crippen LogP contribution in [0.2, 0.25) is 0 Å². The molecule has 0 saturated carbocycles. The van der Waals surface area contributed by atoms with Gasteiger partial charge in [0, 0.05) is 17.7 Å². The third-order valence-electron chi connectivity index (χ3n) is 2.55. The van der Waals surface area contributed by atoms with Crippen molar-refractivity contribution in [2.24, 2.45) is 0 Å². The summed E-state index contributed by atoms with van der Waals surface area (Å²) in [5, 5.41) is 3.37. The van der Waals surface area contributed by atoms with E-state index >= 15 is 0 Å². The van der Waals surface area contributed by atoms with Crippen molar-refractivity contribution in [2.45, 2.75) is 19.9 Å². The molecule has 94 valence electrons. The van der Waals surface area contributed by atoms with Crippen molar-refractivity contribution in [3.63, 3.8) is 0 Å². The zero-order valence-electron chi connectivity index (χ0n) is 10.8. The maximum absolute atomic E-state index is 5.66. The lowest BCUT2D eigenvalue weighted by Crippen LogP contribution is -2.18. The summed E-state index contributed by atoms with van der Waals surface area (Å²) in [6, 6.07) is 6.15. The molecule has 0 amide bonds. The van der Waals surface area contributed by atoms with E-state index in [1.54, 1.807) is 13.2 Å². The lowest BCUT2D eigenvalue weighted by molar-refractivity contribution is 0.348. The molecule has 1 aromatic rings. The van der Waals surface area contributed by atoms with Gasteiger partial charge in [0.2, 0.25) is 0 Å². The van der Waals surface area contributed by atoms with Gasteiger partial charge in [-0.3, -0.25) is 0 Å². The molecule has 0 fully saturated rings. The van der Waals surface area contributed by atoms with Crippen LogP contribution in [-0.2, 0) is 0 Å². The SMILES string of the molecule is C=CCOc1cc(OC)ccc1C(C)NCC. The molecule has 0 aliphatic carbocycles. The number of benzene rings is 1. The first-order chi connectivity index (χ1) is 8.22. The fraction of sp³-hybridized carbons (Fsp3) is 0.429. The van der Waals surface area contributed by atoms with E-state index in [0.29, 0.717) is 6.61 Å². The number of nitrogens with one attached hydrogen (secondary N) is 1. The van der Waals surface area contributed by atoms with Crippen LogP contribution in [0, 0.1) is 0 Å². The van der Waals surface area contributed by atoms with Crippen LogP contribution in [0.4, 0.5) is 0 Å². The van der Waals surface area contributed by atoms with Crippen LogP contribution in [0.1, 0.15) is 25.5 Å². The number of ether oxygens (including phenoxy) is 2. The van der Waals surface area contributed by atoms with Gasteiger partial charge in [-0.05, 0) is 19.5 Å². The van der Waals surface area contributed by atoms with Crippen LogP contribution in [0.3, 0.4) is 0 Å². The van der Waals surface area contributed by atoms with Crippen LogP contribution in [0.15, 0.2) is 30.9 Å². The fourth-order valence-electron chi connectivity index (χ4n) is 1.69. The van der Waals surface area contributed by atoms with Gasteiger partial charge in [-0.25, -0.2) is 0 Å². The van der Waals surface area contributed by atoms with Crippen molar-refractivity contribution in [1.82, 2.24) is 5.32 Å². The Hall–Kier alpha value is -1.48. The summed E-state index contributed by atoms with van der Waals surface area (Å²) in [5.41, 5.74) is 1.13. The van der Waals surface area contributed by atoms with Gasteiger partial charge in [0.15, 0.2) is 0 Å². The largest absolute Gasteiger partial charge is 0.497 e. The average Bonchev–Trinajstić information content (AvgIpc) is 2.36. The number of hydrogen-bond acceptors (Lipinski definition) is 3. The Morgan fingerprint density at radius 1 is 1.47 bits per heavy atom. The molecule has 3 nitrogen and oxygen atoms in total. The molecule has 1 unspecified atom stereocenters. The van der Waals surface area contributed by atoms with E-state index in [1.807, 2.05) is 18.2 Å². The van der Waals surface area contributed by atoms with Gasteiger partial charge in [-0.2, -0.15) is 0 Å². The van der Waals surface area contributed by atoms with Crippen LogP contribution in [0.5, 0.6) is 11.5 Å². The first kappa shape index (κ1) is 13.6. The average molecular weight is 235 g/mol. The number of methoxy groups -OCH3 is 1. The maximum Gasteiger partial charge on any atom is 0.128 e. The van der Waals surface area contributed by atoms with Gasteiger partial charge in [0.25, 0.3) is 0 Å². The first-order valence-electron chi connectivity index (χ1n) is 5.88. The Bertz CT molecular complexity index is 363. The molecule has 1 aromatic carbocycles. The molecule has 0 heterocycles. The van der Waals surface area contributed by atoms with Crippen LogP contribution in [0.25, 0.3) is 0 Å². The summed E-state index contributed by atoms with van der Waals surface area (Å²) >= 11 is 0. The van der Waals surface area contributed by atoms with E-state index < -0.39 is 0 Å². The van der Waals surface area contributed by atoms with E-state index in [-0.39, 0.29) is 6.04 Å². The predicted molar refractivity (Wildman–Crippen MR) is 70.8 cm³/mol. The van der Waals surface area contributed by atoms with Gasteiger partial charge in [-0.15, -0.1) is 0 Å². The fourth-order valence-corrected chi connectivity index (χ4v) is 1.69. The monoisotopic (exact) mass is 235 g/mol. The summed E-state index contributed by atoms with van der Waals surface area (Å²) in [4.78, 5) is 0. The summed E-state index contributed by atoms with van der Waals surface area (Å²) < 4.78 is 10.9. The molecule has 1 N–H and O–H groups in total. The highest BCUT2D eigenvalue weighted by atomic mass is 16.5. The Morgan fingerprint density at radius 3 is 2.82 bits per heavy atom. The minimum atomic E-state index is 0.255. The second-order valence-electron chi connectivity index (χ2n) is 3.78. The molecule has 0 spiro atoms. The van der Waals surface area contributed by atoms with E-state index in [4.69, 9.17) is 9.47 Å². The lowest BCUT2D eigenvalue weighted by atomic mass is 10.1. The van der Waals surface area contributed by atoms with Gasteiger partial charge >= 0.3 is 0 Å². The smallest absolute Gasteiger partial charge is 0.128 e.